The summed E-state index contributed by atoms with van der Waals surface area (Å²) in [6, 6.07) is 0.181. The summed E-state index contributed by atoms with van der Waals surface area (Å²) in [6.45, 7) is 5.58. The topological polar surface area (TPSA) is 55.4 Å². The number of alkyl carbamates (subject to hydrolysis) is 1. The van der Waals surface area contributed by atoms with E-state index in [0.29, 0.717) is 24.0 Å². The van der Waals surface area contributed by atoms with E-state index in [9.17, 15) is 9.59 Å². The van der Waals surface area contributed by atoms with Crippen molar-refractivity contribution in [1.82, 2.24) is 5.32 Å². The van der Waals surface area contributed by atoms with Crippen molar-refractivity contribution in [2.75, 3.05) is 0 Å². The molecule has 1 N–H and O–H groups in total. The maximum atomic E-state index is 11.7. The van der Waals surface area contributed by atoms with Gasteiger partial charge in [-0.2, -0.15) is 0 Å². The summed E-state index contributed by atoms with van der Waals surface area (Å²) in [4.78, 5) is 23.1. The molecule has 4 heteroatoms. The first-order valence-corrected chi connectivity index (χ1v) is 6.85. The summed E-state index contributed by atoms with van der Waals surface area (Å²) in [5.74, 6) is 1.47. The first kappa shape index (κ1) is 13.4. The molecule has 0 spiro atoms. The molecule has 0 aliphatic heterocycles. The van der Waals surface area contributed by atoms with E-state index >= 15 is 0 Å². The largest absolute Gasteiger partial charge is 0.444 e. The van der Waals surface area contributed by atoms with Crippen molar-refractivity contribution < 1.29 is 14.3 Å². The highest BCUT2D eigenvalue weighted by Crippen LogP contribution is 2.41. The van der Waals surface area contributed by atoms with Crippen LogP contribution < -0.4 is 5.32 Å². The molecule has 2 rings (SSSR count). The van der Waals surface area contributed by atoms with Crippen molar-refractivity contribution >= 4 is 11.9 Å². The molecule has 0 aromatic carbocycles. The Bertz CT molecular complexity index is 345. The van der Waals surface area contributed by atoms with Crippen LogP contribution in [0.15, 0.2) is 0 Å². The number of rotatable bonds is 1. The second-order valence-corrected chi connectivity index (χ2v) is 6.62. The number of fused-ring (bicyclic) bond motifs is 1. The van der Waals surface area contributed by atoms with E-state index in [2.05, 4.69) is 5.32 Å². The van der Waals surface area contributed by atoms with Gasteiger partial charge in [0.25, 0.3) is 0 Å². The Labute approximate surface area is 108 Å². The molecule has 2 aliphatic carbocycles. The third-order valence-corrected chi connectivity index (χ3v) is 3.85. The van der Waals surface area contributed by atoms with E-state index in [1.165, 1.54) is 0 Å². The zero-order chi connectivity index (χ0) is 13.3. The monoisotopic (exact) mass is 253 g/mol. The molecule has 18 heavy (non-hydrogen) atoms. The number of amides is 1. The fourth-order valence-electron chi connectivity index (χ4n) is 3.15. The minimum atomic E-state index is -0.453. The lowest BCUT2D eigenvalue weighted by Crippen LogP contribution is -2.38. The fraction of sp³-hybridized carbons (Fsp3) is 0.857. The molecule has 0 bridgehead atoms. The van der Waals surface area contributed by atoms with Crippen LogP contribution in [0, 0.1) is 11.8 Å². The molecule has 2 saturated carbocycles. The number of hydrogen-bond donors (Lipinski definition) is 1. The Morgan fingerprint density at radius 3 is 2.61 bits per heavy atom. The summed E-state index contributed by atoms with van der Waals surface area (Å²) >= 11 is 0. The lowest BCUT2D eigenvalue weighted by Gasteiger charge is -2.23. The minimum absolute atomic E-state index is 0.181. The van der Waals surface area contributed by atoms with Gasteiger partial charge in [0.1, 0.15) is 11.4 Å². The van der Waals surface area contributed by atoms with Crippen molar-refractivity contribution in [3.8, 4) is 0 Å². The predicted octanol–water partition coefficient (Wildman–Crippen LogP) is 2.66. The third-order valence-electron chi connectivity index (χ3n) is 3.85. The van der Waals surface area contributed by atoms with Crippen molar-refractivity contribution in [3.63, 3.8) is 0 Å². The van der Waals surface area contributed by atoms with Gasteiger partial charge in [0.2, 0.25) is 0 Å². The van der Waals surface area contributed by atoms with E-state index in [4.69, 9.17) is 4.74 Å². The number of ether oxygens (including phenoxy) is 1. The predicted molar refractivity (Wildman–Crippen MR) is 68.2 cm³/mol. The first-order chi connectivity index (χ1) is 8.33. The van der Waals surface area contributed by atoms with E-state index in [1.54, 1.807) is 0 Å². The van der Waals surface area contributed by atoms with Crippen molar-refractivity contribution in [3.05, 3.63) is 0 Å². The van der Waals surface area contributed by atoms with Gasteiger partial charge < -0.3 is 10.1 Å². The normalized spacial score (nSPS) is 31.9. The van der Waals surface area contributed by atoms with Gasteiger partial charge in [-0.1, -0.05) is 0 Å². The van der Waals surface area contributed by atoms with Gasteiger partial charge in [-0.05, 0) is 51.9 Å². The molecule has 0 radical (unpaired) electrons. The number of carbonyl (C=O) groups excluding carboxylic acids is 2. The molecule has 0 unspecified atom stereocenters. The van der Waals surface area contributed by atoms with Gasteiger partial charge in [0.15, 0.2) is 0 Å². The highest BCUT2D eigenvalue weighted by Gasteiger charge is 2.39. The van der Waals surface area contributed by atoms with Crippen molar-refractivity contribution in [2.24, 2.45) is 11.8 Å². The van der Waals surface area contributed by atoms with Crippen LogP contribution in [0.2, 0.25) is 0 Å². The zero-order valence-electron chi connectivity index (χ0n) is 11.5. The maximum absolute atomic E-state index is 11.7. The average molecular weight is 253 g/mol. The van der Waals surface area contributed by atoms with E-state index in [1.807, 2.05) is 20.8 Å². The Morgan fingerprint density at radius 1 is 1.28 bits per heavy atom. The molecule has 4 nitrogen and oxygen atoms in total. The lowest BCUT2D eigenvalue weighted by molar-refractivity contribution is -0.122. The summed E-state index contributed by atoms with van der Waals surface area (Å²) in [7, 11) is 0. The molecule has 0 aromatic heterocycles. The van der Waals surface area contributed by atoms with Crippen LogP contribution in [-0.4, -0.2) is 23.5 Å². The molecule has 0 aromatic rings. The molecule has 102 valence electrons. The molecule has 1 amide bonds. The molecular formula is C14H23NO3. The number of hydrogen-bond acceptors (Lipinski definition) is 3. The Hall–Kier alpha value is -1.06. The van der Waals surface area contributed by atoms with Crippen LogP contribution >= 0.6 is 0 Å². The molecule has 0 heterocycles. The van der Waals surface area contributed by atoms with Gasteiger partial charge in [0.05, 0.1) is 0 Å². The molecule has 0 saturated heterocycles. The van der Waals surface area contributed by atoms with Gasteiger partial charge in [-0.25, -0.2) is 4.79 Å². The van der Waals surface area contributed by atoms with Crippen molar-refractivity contribution in [1.29, 1.82) is 0 Å². The van der Waals surface area contributed by atoms with E-state index in [0.717, 1.165) is 25.7 Å². The fourth-order valence-corrected chi connectivity index (χ4v) is 3.15. The summed E-state index contributed by atoms with van der Waals surface area (Å²) < 4.78 is 5.26. The zero-order valence-corrected chi connectivity index (χ0v) is 11.5. The van der Waals surface area contributed by atoms with Crippen LogP contribution in [0.1, 0.15) is 52.9 Å². The quantitative estimate of drug-likeness (QED) is 0.781. The second-order valence-electron chi connectivity index (χ2n) is 6.62. The number of carbonyl (C=O) groups is 2. The average Bonchev–Trinajstić information content (AvgIpc) is 2.55. The van der Waals surface area contributed by atoms with Gasteiger partial charge in [-0.3, -0.25) is 4.79 Å². The molecule has 2 aliphatic rings. The van der Waals surface area contributed by atoms with Crippen LogP contribution in [-0.2, 0) is 9.53 Å². The summed E-state index contributed by atoms with van der Waals surface area (Å²) in [5, 5.41) is 2.93. The SMILES string of the molecule is CC(C)(C)OC(=O)N[C@@H]1C[C@@H]2CCC(=O)C[C@H]2C1. The highest BCUT2D eigenvalue weighted by molar-refractivity contribution is 5.79. The van der Waals surface area contributed by atoms with Crippen molar-refractivity contribution in [2.45, 2.75) is 64.5 Å². The van der Waals surface area contributed by atoms with E-state index < -0.39 is 5.60 Å². The first-order valence-electron chi connectivity index (χ1n) is 6.85. The standard InChI is InChI=1S/C14H23NO3/c1-14(2,3)18-13(17)15-11-6-9-4-5-12(16)8-10(9)7-11/h9-11H,4-8H2,1-3H3,(H,15,17)/t9-,10+,11+/m0/s1. The smallest absolute Gasteiger partial charge is 0.407 e. The van der Waals surface area contributed by atoms with Gasteiger partial charge in [-0.15, -0.1) is 0 Å². The lowest BCUT2D eigenvalue weighted by atomic mass is 9.81. The Balaban J connectivity index is 1.82. The summed E-state index contributed by atoms with van der Waals surface area (Å²) in [6.07, 6.45) is 4.01. The van der Waals surface area contributed by atoms with Crippen LogP contribution in [0.4, 0.5) is 4.79 Å². The number of ketones is 1. The highest BCUT2D eigenvalue weighted by atomic mass is 16.6. The van der Waals surface area contributed by atoms with Crippen LogP contribution in [0.3, 0.4) is 0 Å². The molecule has 2 fully saturated rings. The maximum Gasteiger partial charge on any atom is 0.407 e. The number of Topliss-reactive ketones (excluding diaryl/α,β-unsaturated/α-hetero) is 1. The Morgan fingerprint density at radius 2 is 1.94 bits per heavy atom. The number of nitrogens with one attached hydrogen (secondary N) is 1. The van der Waals surface area contributed by atoms with Crippen LogP contribution in [0.5, 0.6) is 0 Å². The molecular weight excluding hydrogens is 230 g/mol. The van der Waals surface area contributed by atoms with E-state index in [-0.39, 0.29) is 12.1 Å². The van der Waals surface area contributed by atoms with Crippen LogP contribution in [0.25, 0.3) is 0 Å². The third kappa shape index (κ3) is 3.47. The summed E-state index contributed by atoms with van der Waals surface area (Å²) in [5.41, 5.74) is -0.453. The molecule has 3 atom stereocenters. The second kappa shape index (κ2) is 4.90. The van der Waals surface area contributed by atoms with Gasteiger partial charge >= 0.3 is 6.09 Å². The minimum Gasteiger partial charge on any atom is -0.444 e. The van der Waals surface area contributed by atoms with Gasteiger partial charge in [0, 0.05) is 18.9 Å². The Kier molecular flexibility index (Phi) is 3.64.